The maximum atomic E-state index is 11.9. The molecule has 0 saturated carbocycles. The Bertz CT molecular complexity index is 559. The maximum Gasteiger partial charge on any atom is 0.316 e. The van der Waals surface area contributed by atoms with Crippen molar-refractivity contribution in [3.63, 3.8) is 0 Å². The number of aromatic hydroxyl groups is 1. The molecule has 0 spiro atoms. The summed E-state index contributed by atoms with van der Waals surface area (Å²) in [6, 6.07) is 2.89. The minimum Gasteiger partial charge on any atom is -0.508 e. The predicted octanol–water partition coefficient (Wildman–Crippen LogP) is 0.301. The number of amides is 3. The summed E-state index contributed by atoms with van der Waals surface area (Å²) in [5, 5.41) is 25.1. The Morgan fingerprint density at radius 2 is 1.90 bits per heavy atom. The average Bonchev–Trinajstić information content (AvgIpc) is 2.42. The Morgan fingerprint density at radius 3 is 2.48 bits per heavy atom. The number of benzene rings is 1. The molecule has 0 aliphatic heterocycles. The van der Waals surface area contributed by atoms with Crippen LogP contribution in [0.25, 0.3) is 0 Å². The van der Waals surface area contributed by atoms with E-state index in [-0.39, 0.29) is 30.4 Å². The first-order valence-electron chi connectivity index (χ1n) is 6.03. The van der Waals surface area contributed by atoms with Gasteiger partial charge in [0.25, 0.3) is 11.6 Å². The van der Waals surface area contributed by atoms with Crippen molar-refractivity contribution in [2.75, 3.05) is 27.2 Å². The summed E-state index contributed by atoms with van der Waals surface area (Å²) in [5.74, 6) is -0.941. The predicted molar refractivity (Wildman–Crippen MR) is 74.2 cm³/mol. The standard InChI is InChI=1S/C12H16N4O5/c1-15(2)12(19)14-6-5-13-11(18)9-7-8(17)3-4-10(9)16(20)21/h3-4,7,17H,5-6H2,1-2H3,(H,13,18)(H,14,19). The summed E-state index contributed by atoms with van der Waals surface area (Å²) in [6.07, 6.45) is 0. The molecule has 0 fully saturated rings. The number of hydrogen-bond donors (Lipinski definition) is 3. The first kappa shape index (κ1) is 16.2. The Labute approximate surface area is 120 Å². The van der Waals surface area contributed by atoms with Crippen LogP contribution >= 0.6 is 0 Å². The Morgan fingerprint density at radius 1 is 1.29 bits per heavy atom. The molecule has 1 rings (SSSR count). The Kier molecular flexibility index (Phi) is 5.47. The summed E-state index contributed by atoms with van der Waals surface area (Å²) < 4.78 is 0. The summed E-state index contributed by atoms with van der Waals surface area (Å²) in [5.41, 5.74) is -0.637. The number of hydrogen-bond acceptors (Lipinski definition) is 5. The fourth-order valence-corrected chi connectivity index (χ4v) is 1.46. The highest BCUT2D eigenvalue weighted by Gasteiger charge is 2.20. The fourth-order valence-electron chi connectivity index (χ4n) is 1.46. The van der Waals surface area contributed by atoms with Gasteiger partial charge < -0.3 is 20.6 Å². The Balaban J connectivity index is 2.62. The van der Waals surface area contributed by atoms with Gasteiger partial charge in [0, 0.05) is 33.3 Å². The van der Waals surface area contributed by atoms with E-state index in [2.05, 4.69) is 10.6 Å². The quantitative estimate of drug-likeness (QED) is 0.409. The van der Waals surface area contributed by atoms with Crippen molar-refractivity contribution in [2.24, 2.45) is 0 Å². The van der Waals surface area contributed by atoms with E-state index in [4.69, 9.17) is 0 Å². The molecule has 9 heteroatoms. The van der Waals surface area contributed by atoms with Gasteiger partial charge in [-0.15, -0.1) is 0 Å². The number of rotatable bonds is 5. The van der Waals surface area contributed by atoms with Gasteiger partial charge >= 0.3 is 6.03 Å². The van der Waals surface area contributed by atoms with Gasteiger partial charge in [0.1, 0.15) is 11.3 Å². The third-order valence-electron chi connectivity index (χ3n) is 2.51. The summed E-state index contributed by atoms with van der Waals surface area (Å²) in [6.45, 7) is 0.278. The van der Waals surface area contributed by atoms with E-state index in [1.807, 2.05) is 0 Å². The molecular formula is C12H16N4O5. The SMILES string of the molecule is CN(C)C(=O)NCCNC(=O)c1cc(O)ccc1[N+](=O)[O-]. The first-order chi connectivity index (χ1) is 9.82. The number of nitrogens with zero attached hydrogens (tertiary/aromatic N) is 2. The lowest BCUT2D eigenvalue weighted by Gasteiger charge is -2.12. The van der Waals surface area contributed by atoms with E-state index in [0.717, 1.165) is 18.2 Å². The van der Waals surface area contributed by atoms with Gasteiger partial charge in [0.15, 0.2) is 0 Å². The lowest BCUT2D eigenvalue weighted by atomic mass is 10.1. The van der Waals surface area contributed by atoms with E-state index in [0.29, 0.717) is 0 Å². The highest BCUT2D eigenvalue weighted by molar-refractivity contribution is 5.98. The molecule has 114 valence electrons. The normalized spacial score (nSPS) is 9.81. The highest BCUT2D eigenvalue weighted by atomic mass is 16.6. The van der Waals surface area contributed by atoms with Gasteiger partial charge in [-0.1, -0.05) is 0 Å². The molecule has 0 aliphatic carbocycles. The molecule has 1 aromatic rings. The van der Waals surface area contributed by atoms with Crippen LogP contribution in [0.15, 0.2) is 18.2 Å². The van der Waals surface area contributed by atoms with E-state index in [1.54, 1.807) is 14.1 Å². The average molecular weight is 296 g/mol. The summed E-state index contributed by atoms with van der Waals surface area (Å²) in [7, 11) is 3.15. The van der Waals surface area contributed by atoms with Crippen molar-refractivity contribution in [1.29, 1.82) is 0 Å². The van der Waals surface area contributed by atoms with Gasteiger partial charge in [-0.3, -0.25) is 14.9 Å². The van der Waals surface area contributed by atoms with Crippen LogP contribution in [0, 0.1) is 10.1 Å². The van der Waals surface area contributed by atoms with Gasteiger partial charge in [0.05, 0.1) is 4.92 Å². The molecule has 0 unspecified atom stereocenters. The van der Waals surface area contributed by atoms with Crippen molar-refractivity contribution in [2.45, 2.75) is 0 Å². The molecule has 0 bridgehead atoms. The fraction of sp³-hybridized carbons (Fsp3) is 0.333. The maximum absolute atomic E-state index is 11.9. The largest absolute Gasteiger partial charge is 0.508 e. The highest BCUT2D eigenvalue weighted by Crippen LogP contribution is 2.22. The minimum absolute atomic E-state index is 0.102. The molecule has 0 aromatic heterocycles. The van der Waals surface area contributed by atoms with Gasteiger partial charge in [0.2, 0.25) is 0 Å². The first-order valence-corrected chi connectivity index (χ1v) is 6.03. The third kappa shape index (κ3) is 4.64. The van der Waals surface area contributed by atoms with E-state index in [9.17, 15) is 24.8 Å². The molecule has 21 heavy (non-hydrogen) atoms. The molecule has 3 amide bonds. The van der Waals surface area contributed by atoms with Crippen LogP contribution in [-0.2, 0) is 0 Å². The van der Waals surface area contributed by atoms with Crippen LogP contribution in [-0.4, -0.2) is 54.1 Å². The lowest BCUT2D eigenvalue weighted by Crippen LogP contribution is -2.39. The molecule has 9 nitrogen and oxygen atoms in total. The van der Waals surface area contributed by atoms with Crippen molar-refractivity contribution in [3.05, 3.63) is 33.9 Å². The van der Waals surface area contributed by atoms with Crippen molar-refractivity contribution < 1.29 is 19.6 Å². The van der Waals surface area contributed by atoms with Crippen LogP contribution < -0.4 is 10.6 Å². The smallest absolute Gasteiger partial charge is 0.316 e. The second kappa shape index (κ2) is 7.08. The van der Waals surface area contributed by atoms with Crippen LogP contribution in [0.1, 0.15) is 10.4 Å². The minimum atomic E-state index is -0.706. The molecule has 1 aromatic carbocycles. The van der Waals surface area contributed by atoms with Gasteiger partial charge in [-0.05, 0) is 12.1 Å². The number of phenols is 1. The number of phenolic OH excluding ortho intramolecular Hbond substituents is 1. The molecule has 0 atom stereocenters. The molecule has 3 N–H and O–H groups in total. The van der Waals surface area contributed by atoms with E-state index in [1.165, 1.54) is 4.90 Å². The topological polar surface area (TPSA) is 125 Å². The monoisotopic (exact) mass is 296 g/mol. The molecule has 0 heterocycles. The molecule has 0 saturated heterocycles. The molecule has 0 aliphatic rings. The summed E-state index contributed by atoms with van der Waals surface area (Å²) in [4.78, 5) is 34.5. The number of nitro benzene ring substituents is 1. The second-order valence-corrected chi connectivity index (χ2v) is 4.34. The lowest BCUT2D eigenvalue weighted by molar-refractivity contribution is -0.385. The summed E-state index contributed by atoms with van der Waals surface area (Å²) >= 11 is 0. The van der Waals surface area contributed by atoms with Crippen molar-refractivity contribution in [1.82, 2.24) is 15.5 Å². The molecule has 0 radical (unpaired) electrons. The van der Waals surface area contributed by atoms with Gasteiger partial charge in [-0.2, -0.15) is 0 Å². The van der Waals surface area contributed by atoms with Gasteiger partial charge in [-0.25, -0.2) is 4.79 Å². The number of nitro groups is 1. The van der Waals surface area contributed by atoms with Crippen LogP contribution in [0.2, 0.25) is 0 Å². The Hall–Kier alpha value is -2.84. The number of urea groups is 1. The van der Waals surface area contributed by atoms with Crippen molar-refractivity contribution >= 4 is 17.6 Å². The molecular weight excluding hydrogens is 280 g/mol. The zero-order valence-corrected chi connectivity index (χ0v) is 11.6. The van der Waals surface area contributed by atoms with Crippen LogP contribution in [0.5, 0.6) is 5.75 Å². The van der Waals surface area contributed by atoms with Crippen molar-refractivity contribution in [3.8, 4) is 5.75 Å². The van der Waals surface area contributed by atoms with E-state index < -0.39 is 16.5 Å². The number of carbonyl (C=O) groups excluding carboxylic acids is 2. The second-order valence-electron chi connectivity index (χ2n) is 4.34. The zero-order valence-electron chi connectivity index (χ0n) is 11.6. The van der Waals surface area contributed by atoms with Crippen LogP contribution in [0.3, 0.4) is 0 Å². The van der Waals surface area contributed by atoms with Crippen LogP contribution in [0.4, 0.5) is 10.5 Å². The number of carbonyl (C=O) groups is 2. The number of nitrogens with one attached hydrogen (secondary N) is 2. The third-order valence-corrected chi connectivity index (χ3v) is 2.51. The zero-order chi connectivity index (χ0) is 16.0. The van der Waals surface area contributed by atoms with E-state index >= 15 is 0 Å².